The molecule has 0 radical (unpaired) electrons. The Balaban J connectivity index is 1.54. The Morgan fingerprint density at radius 1 is 0.857 bits per heavy atom. The van der Waals surface area contributed by atoms with Crippen LogP contribution in [-0.2, 0) is 26.0 Å². The highest BCUT2D eigenvalue weighted by molar-refractivity contribution is 7.90. The highest BCUT2D eigenvalue weighted by Crippen LogP contribution is 2.24. The SMILES string of the molecule is CCN(CC)C(=O)C(Cc1ccc(NC(=O)c2cccc(C)c2O)cc1)C(=O)NS(=O)(=O)c1ccc2ccccc2c1. The van der Waals surface area contributed by atoms with Crippen LogP contribution >= 0.6 is 0 Å². The number of para-hydroxylation sites is 1. The lowest BCUT2D eigenvalue weighted by Gasteiger charge is -2.25. The summed E-state index contributed by atoms with van der Waals surface area (Å²) in [4.78, 5) is 40.8. The summed E-state index contributed by atoms with van der Waals surface area (Å²) in [5.74, 6) is -3.30. The highest BCUT2D eigenvalue weighted by atomic mass is 32.2. The number of anilines is 1. The van der Waals surface area contributed by atoms with Gasteiger partial charge in [-0.2, -0.15) is 0 Å². The second-order valence-corrected chi connectivity index (χ2v) is 11.6. The molecule has 0 spiro atoms. The highest BCUT2D eigenvalue weighted by Gasteiger charge is 2.33. The van der Waals surface area contributed by atoms with E-state index < -0.39 is 33.7 Å². The summed E-state index contributed by atoms with van der Waals surface area (Å²) >= 11 is 0. The first-order chi connectivity index (χ1) is 20.0. The number of amides is 3. The van der Waals surface area contributed by atoms with Crippen molar-refractivity contribution in [3.05, 3.63) is 102 Å². The molecule has 0 aliphatic carbocycles. The van der Waals surface area contributed by atoms with Gasteiger partial charge in [0.25, 0.3) is 15.9 Å². The quantitative estimate of drug-likeness (QED) is 0.232. The van der Waals surface area contributed by atoms with Gasteiger partial charge >= 0.3 is 0 Å². The van der Waals surface area contributed by atoms with Crippen LogP contribution in [0.4, 0.5) is 5.69 Å². The normalized spacial score (nSPS) is 12.0. The lowest BCUT2D eigenvalue weighted by molar-refractivity contribution is -0.141. The van der Waals surface area contributed by atoms with E-state index in [1.54, 1.807) is 75.4 Å². The van der Waals surface area contributed by atoms with Crippen molar-refractivity contribution in [2.45, 2.75) is 32.1 Å². The van der Waals surface area contributed by atoms with Crippen LogP contribution in [0.1, 0.15) is 35.3 Å². The molecule has 0 aliphatic heterocycles. The van der Waals surface area contributed by atoms with Gasteiger partial charge in [0, 0.05) is 18.8 Å². The lowest BCUT2D eigenvalue weighted by atomic mass is 9.97. The molecule has 4 rings (SSSR count). The summed E-state index contributed by atoms with van der Waals surface area (Å²) < 4.78 is 28.5. The standard InChI is InChI=1S/C32H33N3O6S/c1-4-35(5-2)32(39)28(31(38)34-42(40,41)26-18-15-23-10-6-7-11-24(23)20-26)19-22-13-16-25(17-14-22)33-30(37)27-12-8-9-21(3)29(27)36/h6-18,20,28,36H,4-5,19H2,1-3H3,(H,33,37)(H,34,38). The van der Waals surface area contributed by atoms with Gasteiger partial charge in [0.1, 0.15) is 11.7 Å². The van der Waals surface area contributed by atoms with Gasteiger partial charge in [-0.1, -0.05) is 54.6 Å². The lowest BCUT2D eigenvalue weighted by Crippen LogP contribution is -2.46. The van der Waals surface area contributed by atoms with Crippen LogP contribution in [-0.4, -0.2) is 49.2 Å². The van der Waals surface area contributed by atoms with E-state index >= 15 is 0 Å². The minimum atomic E-state index is -4.25. The second kappa shape index (κ2) is 12.9. The molecule has 0 saturated heterocycles. The molecule has 0 aromatic heterocycles. The van der Waals surface area contributed by atoms with E-state index in [4.69, 9.17) is 0 Å². The molecular formula is C32H33N3O6S. The van der Waals surface area contributed by atoms with Crippen molar-refractivity contribution in [2.75, 3.05) is 18.4 Å². The number of carbonyl (C=O) groups is 3. The number of nitrogens with zero attached hydrogens (tertiary/aromatic N) is 1. The van der Waals surface area contributed by atoms with Crippen LogP contribution in [0.5, 0.6) is 5.75 Å². The average Bonchev–Trinajstić information content (AvgIpc) is 2.98. The van der Waals surface area contributed by atoms with E-state index in [1.807, 2.05) is 12.1 Å². The second-order valence-electron chi connectivity index (χ2n) is 9.87. The third kappa shape index (κ3) is 6.77. The number of fused-ring (bicyclic) bond motifs is 1. The Kier molecular flexibility index (Phi) is 9.27. The number of aromatic hydroxyl groups is 1. The van der Waals surface area contributed by atoms with E-state index in [-0.39, 0.29) is 22.6 Å². The maximum absolute atomic E-state index is 13.4. The molecule has 1 unspecified atom stereocenters. The van der Waals surface area contributed by atoms with Crippen LogP contribution < -0.4 is 10.0 Å². The molecule has 4 aromatic rings. The topological polar surface area (TPSA) is 133 Å². The van der Waals surface area contributed by atoms with Crippen LogP contribution in [0.25, 0.3) is 10.8 Å². The minimum absolute atomic E-state index is 0.0543. The fourth-order valence-electron chi connectivity index (χ4n) is 4.65. The van der Waals surface area contributed by atoms with Crippen molar-refractivity contribution < 1.29 is 27.9 Å². The summed E-state index contributed by atoms with van der Waals surface area (Å²) in [6.45, 7) is 5.97. The number of carbonyl (C=O) groups excluding carboxylic acids is 3. The van der Waals surface area contributed by atoms with Crippen LogP contribution in [0.2, 0.25) is 0 Å². The van der Waals surface area contributed by atoms with Gasteiger partial charge in [0.05, 0.1) is 10.5 Å². The van der Waals surface area contributed by atoms with E-state index in [2.05, 4.69) is 10.0 Å². The van der Waals surface area contributed by atoms with Crippen molar-refractivity contribution in [2.24, 2.45) is 5.92 Å². The fraction of sp³-hybridized carbons (Fsp3) is 0.219. The van der Waals surface area contributed by atoms with Crippen molar-refractivity contribution in [3.8, 4) is 5.75 Å². The van der Waals surface area contributed by atoms with Crippen LogP contribution in [0.3, 0.4) is 0 Å². The molecule has 4 aromatic carbocycles. The molecule has 3 amide bonds. The number of hydrogen-bond donors (Lipinski definition) is 3. The van der Waals surface area contributed by atoms with Crippen LogP contribution in [0.15, 0.2) is 89.8 Å². The summed E-state index contributed by atoms with van der Waals surface area (Å²) in [5, 5.41) is 14.5. The van der Waals surface area contributed by atoms with E-state index in [0.29, 0.717) is 35.3 Å². The number of aryl methyl sites for hydroxylation is 1. The molecule has 1 atom stereocenters. The van der Waals surface area contributed by atoms with Crippen molar-refractivity contribution in [3.63, 3.8) is 0 Å². The first kappa shape index (κ1) is 30.3. The number of rotatable bonds is 10. The number of phenols is 1. The number of phenolic OH excluding ortho intramolecular Hbond substituents is 1. The smallest absolute Gasteiger partial charge is 0.264 e. The first-order valence-corrected chi connectivity index (χ1v) is 15.1. The summed E-state index contributed by atoms with van der Waals surface area (Å²) in [7, 11) is -4.25. The molecule has 0 heterocycles. The van der Waals surface area contributed by atoms with Crippen LogP contribution in [0, 0.1) is 12.8 Å². The minimum Gasteiger partial charge on any atom is -0.507 e. The first-order valence-electron chi connectivity index (χ1n) is 13.6. The van der Waals surface area contributed by atoms with Crippen molar-refractivity contribution >= 4 is 44.2 Å². The molecule has 218 valence electrons. The summed E-state index contributed by atoms with van der Waals surface area (Å²) in [5.41, 5.74) is 1.74. The van der Waals surface area contributed by atoms with Crippen molar-refractivity contribution in [1.29, 1.82) is 0 Å². The third-order valence-corrected chi connectivity index (χ3v) is 8.43. The molecule has 0 saturated carbocycles. The Labute approximate surface area is 245 Å². The third-order valence-electron chi connectivity index (χ3n) is 7.09. The Morgan fingerprint density at radius 3 is 2.19 bits per heavy atom. The molecule has 0 fully saturated rings. The number of nitrogens with one attached hydrogen (secondary N) is 2. The predicted molar refractivity (Wildman–Crippen MR) is 162 cm³/mol. The Bertz CT molecular complexity index is 1730. The van der Waals surface area contributed by atoms with Gasteiger partial charge in [-0.3, -0.25) is 14.4 Å². The van der Waals surface area contributed by atoms with E-state index in [9.17, 15) is 27.9 Å². The zero-order valence-electron chi connectivity index (χ0n) is 23.6. The van der Waals surface area contributed by atoms with Gasteiger partial charge < -0.3 is 15.3 Å². The maximum atomic E-state index is 13.4. The van der Waals surface area contributed by atoms with Gasteiger partial charge in [-0.15, -0.1) is 0 Å². The zero-order valence-corrected chi connectivity index (χ0v) is 24.4. The zero-order chi connectivity index (χ0) is 30.4. The number of sulfonamides is 1. The van der Waals surface area contributed by atoms with Gasteiger partial charge in [0.15, 0.2) is 0 Å². The molecule has 0 bridgehead atoms. The summed E-state index contributed by atoms with van der Waals surface area (Å²) in [6.07, 6.45) is -0.0543. The van der Waals surface area contributed by atoms with Gasteiger partial charge in [-0.05, 0) is 79.4 Å². The molecule has 9 nitrogen and oxygen atoms in total. The molecule has 10 heteroatoms. The monoisotopic (exact) mass is 587 g/mol. The number of benzene rings is 4. The van der Waals surface area contributed by atoms with Gasteiger partial charge in [0.2, 0.25) is 11.8 Å². The predicted octanol–water partition coefficient (Wildman–Crippen LogP) is 4.64. The Hall–Kier alpha value is -4.70. The summed E-state index contributed by atoms with van der Waals surface area (Å²) in [6, 6.07) is 23.2. The molecule has 42 heavy (non-hydrogen) atoms. The molecular weight excluding hydrogens is 554 g/mol. The number of hydrogen-bond acceptors (Lipinski definition) is 6. The maximum Gasteiger partial charge on any atom is 0.264 e. The molecule has 0 aliphatic rings. The van der Waals surface area contributed by atoms with Crippen molar-refractivity contribution in [1.82, 2.24) is 9.62 Å². The fourth-order valence-corrected chi connectivity index (χ4v) is 5.70. The van der Waals surface area contributed by atoms with Gasteiger partial charge in [-0.25, -0.2) is 13.1 Å². The molecule has 3 N–H and O–H groups in total. The largest absolute Gasteiger partial charge is 0.507 e. The van der Waals surface area contributed by atoms with E-state index in [1.165, 1.54) is 23.1 Å². The Morgan fingerprint density at radius 2 is 1.52 bits per heavy atom. The van der Waals surface area contributed by atoms with E-state index in [0.717, 1.165) is 5.39 Å². The average molecular weight is 588 g/mol.